The van der Waals surface area contributed by atoms with E-state index in [1.165, 1.54) is 19.3 Å². The highest BCUT2D eigenvalue weighted by molar-refractivity contribution is 5.04. The van der Waals surface area contributed by atoms with E-state index in [1.807, 2.05) is 0 Å². The Bertz CT molecular complexity index is 147. The van der Waals surface area contributed by atoms with Crippen molar-refractivity contribution in [2.45, 2.75) is 39.2 Å². The first-order valence-electron chi connectivity index (χ1n) is 4.38. The fourth-order valence-corrected chi connectivity index (χ4v) is 2.90. The van der Waals surface area contributed by atoms with Gasteiger partial charge in [0, 0.05) is 6.04 Å². The molecule has 1 nitrogen and oxygen atoms in total. The molecule has 0 amide bonds. The summed E-state index contributed by atoms with van der Waals surface area (Å²) < 4.78 is 0. The summed E-state index contributed by atoms with van der Waals surface area (Å²) in [5, 5.41) is 0. The topological polar surface area (TPSA) is 26.0 Å². The lowest BCUT2D eigenvalue weighted by atomic mass is 9.73. The summed E-state index contributed by atoms with van der Waals surface area (Å²) in [7, 11) is 0. The van der Waals surface area contributed by atoms with Crippen molar-refractivity contribution < 1.29 is 0 Å². The van der Waals surface area contributed by atoms with Gasteiger partial charge in [-0.1, -0.05) is 13.8 Å². The maximum Gasteiger partial charge on any atom is 0.0121 e. The van der Waals surface area contributed by atoms with Crippen molar-refractivity contribution in [3.05, 3.63) is 0 Å². The number of fused-ring (bicyclic) bond motifs is 2. The Morgan fingerprint density at radius 1 is 1.30 bits per heavy atom. The van der Waals surface area contributed by atoms with Crippen LogP contribution >= 0.6 is 0 Å². The lowest BCUT2D eigenvalue weighted by Crippen LogP contribution is -2.42. The maximum atomic E-state index is 6.10. The fraction of sp³-hybridized carbons (Fsp3) is 1.00. The number of rotatable bonds is 0. The third kappa shape index (κ3) is 0.619. The molecular weight excluding hydrogens is 122 g/mol. The minimum atomic E-state index is 0.447. The van der Waals surface area contributed by atoms with E-state index in [1.54, 1.807) is 0 Å². The Kier molecular flexibility index (Phi) is 1.17. The van der Waals surface area contributed by atoms with Crippen molar-refractivity contribution in [2.75, 3.05) is 0 Å². The molecule has 0 aromatic rings. The fourth-order valence-electron chi connectivity index (χ4n) is 2.90. The van der Waals surface area contributed by atoms with Crippen molar-refractivity contribution in [2.24, 2.45) is 23.0 Å². The normalized spacial score (nSPS) is 50.1. The highest BCUT2D eigenvalue weighted by Gasteiger charge is 2.50. The molecule has 2 bridgehead atoms. The van der Waals surface area contributed by atoms with Gasteiger partial charge in [0.15, 0.2) is 0 Å². The van der Waals surface area contributed by atoms with E-state index < -0.39 is 0 Å². The van der Waals surface area contributed by atoms with Gasteiger partial charge in [0.25, 0.3) is 0 Å². The highest BCUT2D eigenvalue weighted by atomic mass is 14.8. The standard InChI is InChI=1S/C9H17N/c1-9(2)7-4-3-6(5-7)8(9)10/h6-8H,3-5,10H2,1-2H3/t6-,7+,8?/m0/s1. The van der Waals surface area contributed by atoms with Crippen LogP contribution in [0, 0.1) is 17.3 Å². The molecule has 2 fully saturated rings. The second-order valence-electron chi connectivity index (χ2n) is 4.62. The predicted octanol–water partition coefficient (Wildman–Crippen LogP) is 1.77. The van der Waals surface area contributed by atoms with Crippen LogP contribution in [-0.4, -0.2) is 6.04 Å². The molecular formula is C9H17N. The molecule has 2 aliphatic carbocycles. The van der Waals surface area contributed by atoms with Crippen LogP contribution in [0.4, 0.5) is 0 Å². The van der Waals surface area contributed by atoms with E-state index in [0.717, 1.165) is 11.8 Å². The largest absolute Gasteiger partial charge is 0.327 e. The zero-order valence-corrected chi connectivity index (χ0v) is 6.93. The first-order chi connectivity index (χ1) is 4.62. The van der Waals surface area contributed by atoms with Crippen molar-refractivity contribution in [3.63, 3.8) is 0 Å². The minimum absolute atomic E-state index is 0.447. The van der Waals surface area contributed by atoms with Gasteiger partial charge >= 0.3 is 0 Å². The quantitative estimate of drug-likeness (QED) is 0.544. The van der Waals surface area contributed by atoms with Crippen LogP contribution in [0.2, 0.25) is 0 Å². The zero-order valence-electron chi connectivity index (χ0n) is 6.93. The van der Waals surface area contributed by atoms with Gasteiger partial charge in [-0.2, -0.15) is 0 Å². The maximum absolute atomic E-state index is 6.10. The van der Waals surface area contributed by atoms with E-state index >= 15 is 0 Å². The van der Waals surface area contributed by atoms with Gasteiger partial charge in [0.1, 0.15) is 0 Å². The molecule has 0 radical (unpaired) electrons. The molecule has 2 rings (SSSR count). The summed E-state index contributed by atoms with van der Waals surface area (Å²) in [6, 6.07) is 0.492. The third-order valence-corrected chi connectivity index (χ3v) is 3.89. The van der Waals surface area contributed by atoms with Gasteiger partial charge in [-0.3, -0.25) is 0 Å². The first-order valence-corrected chi connectivity index (χ1v) is 4.38. The molecule has 3 atom stereocenters. The molecule has 0 spiro atoms. The van der Waals surface area contributed by atoms with Crippen molar-refractivity contribution in [1.29, 1.82) is 0 Å². The van der Waals surface area contributed by atoms with E-state index in [4.69, 9.17) is 5.73 Å². The van der Waals surface area contributed by atoms with Crippen molar-refractivity contribution in [1.82, 2.24) is 0 Å². The Morgan fingerprint density at radius 2 is 2.00 bits per heavy atom. The molecule has 2 aliphatic rings. The highest BCUT2D eigenvalue weighted by Crippen LogP contribution is 2.54. The van der Waals surface area contributed by atoms with Gasteiger partial charge in [-0.05, 0) is 36.5 Å². The lowest BCUT2D eigenvalue weighted by molar-refractivity contribution is 0.181. The zero-order chi connectivity index (χ0) is 7.35. The summed E-state index contributed by atoms with van der Waals surface area (Å²) in [5.74, 6) is 1.80. The smallest absolute Gasteiger partial charge is 0.0121 e. The van der Waals surface area contributed by atoms with Crippen LogP contribution in [-0.2, 0) is 0 Å². The second-order valence-corrected chi connectivity index (χ2v) is 4.62. The molecule has 0 aromatic heterocycles. The van der Waals surface area contributed by atoms with Crippen LogP contribution in [0.3, 0.4) is 0 Å². The average molecular weight is 139 g/mol. The lowest BCUT2D eigenvalue weighted by Gasteiger charge is -2.35. The molecule has 1 heteroatoms. The number of hydrogen-bond acceptors (Lipinski definition) is 1. The average Bonchev–Trinajstić information content (AvgIpc) is 2.37. The minimum Gasteiger partial charge on any atom is -0.327 e. The molecule has 0 heterocycles. The van der Waals surface area contributed by atoms with Crippen LogP contribution in [0.1, 0.15) is 33.1 Å². The Balaban J connectivity index is 2.25. The molecule has 0 saturated heterocycles. The molecule has 0 aromatic carbocycles. The van der Waals surface area contributed by atoms with Crippen LogP contribution in [0.25, 0.3) is 0 Å². The number of nitrogens with two attached hydrogens (primary N) is 1. The van der Waals surface area contributed by atoms with E-state index in [2.05, 4.69) is 13.8 Å². The summed E-state index contributed by atoms with van der Waals surface area (Å²) in [4.78, 5) is 0. The molecule has 1 unspecified atom stereocenters. The van der Waals surface area contributed by atoms with Gasteiger partial charge in [0.2, 0.25) is 0 Å². The SMILES string of the molecule is CC1(C)C(N)[C@H]2CC[C@@H]1C2. The van der Waals surface area contributed by atoms with Crippen LogP contribution < -0.4 is 5.73 Å². The van der Waals surface area contributed by atoms with Crippen LogP contribution in [0.5, 0.6) is 0 Å². The summed E-state index contributed by atoms with van der Waals surface area (Å²) in [6.45, 7) is 4.67. The monoisotopic (exact) mass is 139 g/mol. The van der Waals surface area contributed by atoms with Crippen LogP contribution in [0.15, 0.2) is 0 Å². The molecule has 0 aliphatic heterocycles. The molecule has 2 saturated carbocycles. The third-order valence-electron chi connectivity index (χ3n) is 3.89. The van der Waals surface area contributed by atoms with Crippen molar-refractivity contribution in [3.8, 4) is 0 Å². The predicted molar refractivity (Wildman–Crippen MR) is 42.6 cm³/mol. The second kappa shape index (κ2) is 1.76. The summed E-state index contributed by atoms with van der Waals surface area (Å²) >= 11 is 0. The van der Waals surface area contributed by atoms with Gasteiger partial charge in [-0.15, -0.1) is 0 Å². The van der Waals surface area contributed by atoms with E-state index in [9.17, 15) is 0 Å². The Labute approximate surface area is 63.0 Å². The summed E-state index contributed by atoms with van der Waals surface area (Å²) in [5.41, 5.74) is 6.55. The molecule has 58 valence electrons. The Morgan fingerprint density at radius 3 is 2.30 bits per heavy atom. The first kappa shape index (κ1) is 6.66. The van der Waals surface area contributed by atoms with E-state index in [-0.39, 0.29) is 0 Å². The van der Waals surface area contributed by atoms with Crippen molar-refractivity contribution >= 4 is 0 Å². The summed E-state index contributed by atoms with van der Waals surface area (Å²) in [6.07, 6.45) is 4.24. The van der Waals surface area contributed by atoms with Gasteiger partial charge < -0.3 is 5.73 Å². The molecule has 10 heavy (non-hydrogen) atoms. The molecule has 2 N–H and O–H groups in total. The number of hydrogen-bond donors (Lipinski definition) is 1. The van der Waals surface area contributed by atoms with Gasteiger partial charge in [0.05, 0.1) is 0 Å². The van der Waals surface area contributed by atoms with E-state index in [0.29, 0.717) is 11.5 Å². The Hall–Kier alpha value is -0.0400. The van der Waals surface area contributed by atoms with Gasteiger partial charge in [-0.25, -0.2) is 0 Å².